The predicted molar refractivity (Wildman–Crippen MR) is 81.6 cm³/mol. The van der Waals surface area contributed by atoms with Crippen molar-refractivity contribution in [2.45, 2.75) is 11.4 Å². The van der Waals surface area contributed by atoms with Crippen molar-refractivity contribution in [1.82, 2.24) is 0 Å². The summed E-state index contributed by atoms with van der Waals surface area (Å²) in [6.07, 6.45) is 1.48. The predicted octanol–water partition coefficient (Wildman–Crippen LogP) is 1.51. The third kappa shape index (κ3) is 4.30. The van der Waals surface area contributed by atoms with Gasteiger partial charge in [0.1, 0.15) is 10.7 Å². The fourth-order valence-corrected chi connectivity index (χ4v) is 2.79. The molecule has 3 radical (unpaired) electrons. The number of anilines is 1. The summed E-state index contributed by atoms with van der Waals surface area (Å²) in [7, 11) is -4.11. The number of nitrogens with one attached hydrogen (secondary N) is 1. The molecule has 0 bridgehead atoms. The zero-order valence-electron chi connectivity index (χ0n) is 11.1. The Bertz CT molecular complexity index is 777. The first kappa shape index (κ1) is 18.7. The molecule has 10 heteroatoms. The molecule has 0 saturated carbocycles. The minimum Gasteiger partial charge on any atom is -0.478 e. The number of carboxylic acid groups (broad SMARTS) is 1. The zero-order chi connectivity index (χ0) is 15.6. The number of carboxylic acids is 1. The standard InChI is InChI=1S/C12H11ClN2O5S.Ga/c13-9-5-10(15-6-7-2-1-3-20-7)8(12(16)17)4-11(9)21(14,18)19;/h1-5,15H,6H2,(H,16,17)(H2,14,18,19);. The van der Waals surface area contributed by atoms with Crippen LogP contribution in [0.15, 0.2) is 39.8 Å². The quantitative estimate of drug-likeness (QED) is 0.654. The van der Waals surface area contributed by atoms with Crippen LogP contribution >= 0.6 is 11.6 Å². The molecule has 2 rings (SSSR count). The molecule has 115 valence electrons. The van der Waals surface area contributed by atoms with E-state index in [1.54, 1.807) is 12.1 Å². The summed E-state index contributed by atoms with van der Waals surface area (Å²) < 4.78 is 27.8. The second kappa shape index (κ2) is 7.25. The van der Waals surface area contributed by atoms with Gasteiger partial charge in [0.15, 0.2) is 0 Å². The largest absolute Gasteiger partial charge is 0.478 e. The second-order valence-electron chi connectivity index (χ2n) is 4.11. The van der Waals surface area contributed by atoms with E-state index in [1.807, 2.05) is 0 Å². The van der Waals surface area contributed by atoms with Crippen LogP contribution in [0.3, 0.4) is 0 Å². The van der Waals surface area contributed by atoms with Crippen molar-refractivity contribution in [2.75, 3.05) is 5.32 Å². The van der Waals surface area contributed by atoms with Gasteiger partial charge in [0.25, 0.3) is 0 Å². The van der Waals surface area contributed by atoms with Crippen LogP contribution < -0.4 is 10.5 Å². The SMILES string of the molecule is NS(=O)(=O)c1cc(C(=O)O)c(NCc2ccco2)cc1Cl.[Ga]. The normalized spacial score (nSPS) is 10.8. The molecule has 0 fully saturated rings. The summed E-state index contributed by atoms with van der Waals surface area (Å²) in [6, 6.07) is 5.51. The van der Waals surface area contributed by atoms with Gasteiger partial charge in [-0.3, -0.25) is 0 Å². The number of hydrogen-bond donors (Lipinski definition) is 3. The Hall–Kier alpha value is -1.39. The molecular weight excluding hydrogens is 389 g/mol. The number of benzene rings is 1. The smallest absolute Gasteiger partial charge is 0.337 e. The van der Waals surface area contributed by atoms with E-state index in [0.717, 1.165) is 6.07 Å². The molecule has 7 nitrogen and oxygen atoms in total. The molecule has 0 spiro atoms. The maximum atomic E-state index is 11.3. The van der Waals surface area contributed by atoms with E-state index in [9.17, 15) is 13.2 Å². The molecule has 0 atom stereocenters. The van der Waals surface area contributed by atoms with Gasteiger partial charge in [-0.05, 0) is 24.3 Å². The van der Waals surface area contributed by atoms with Gasteiger partial charge in [0.2, 0.25) is 10.0 Å². The minimum atomic E-state index is -4.11. The molecule has 0 aliphatic rings. The maximum absolute atomic E-state index is 11.3. The van der Waals surface area contributed by atoms with Crippen LogP contribution in [0.2, 0.25) is 5.02 Å². The van der Waals surface area contributed by atoms with E-state index < -0.39 is 20.9 Å². The third-order valence-electron chi connectivity index (χ3n) is 2.64. The molecule has 1 aromatic carbocycles. The van der Waals surface area contributed by atoms with Gasteiger partial charge < -0.3 is 14.8 Å². The Balaban J connectivity index is 0.00000242. The molecule has 0 amide bonds. The van der Waals surface area contributed by atoms with Crippen LogP contribution in [0, 0.1) is 0 Å². The molecule has 22 heavy (non-hydrogen) atoms. The summed E-state index contributed by atoms with van der Waals surface area (Å²) >= 11 is 5.84. The number of primary sulfonamides is 1. The summed E-state index contributed by atoms with van der Waals surface area (Å²) in [5.74, 6) is -0.725. The van der Waals surface area contributed by atoms with Gasteiger partial charge in [-0.1, -0.05) is 11.6 Å². The second-order valence-corrected chi connectivity index (χ2v) is 6.05. The van der Waals surface area contributed by atoms with E-state index >= 15 is 0 Å². The van der Waals surface area contributed by atoms with E-state index in [0.29, 0.717) is 5.76 Å². The van der Waals surface area contributed by atoms with Gasteiger partial charge in [-0.2, -0.15) is 0 Å². The molecule has 1 heterocycles. The van der Waals surface area contributed by atoms with Gasteiger partial charge in [0.05, 0.1) is 29.1 Å². The Morgan fingerprint density at radius 1 is 1.41 bits per heavy atom. The van der Waals surface area contributed by atoms with Crippen molar-refractivity contribution in [3.05, 3.63) is 46.9 Å². The number of sulfonamides is 1. The first-order valence-corrected chi connectivity index (χ1v) is 7.57. The van der Waals surface area contributed by atoms with E-state index in [1.165, 1.54) is 12.3 Å². The Labute approximate surface area is 144 Å². The van der Waals surface area contributed by atoms with Crippen LogP contribution in [0.25, 0.3) is 0 Å². The fourth-order valence-electron chi connectivity index (χ4n) is 1.69. The number of carbonyl (C=O) groups is 1. The Morgan fingerprint density at radius 3 is 2.59 bits per heavy atom. The Morgan fingerprint density at radius 2 is 2.09 bits per heavy atom. The molecule has 2 aromatic rings. The monoisotopic (exact) mass is 399 g/mol. The van der Waals surface area contributed by atoms with Crippen molar-refractivity contribution >= 4 is 53.1 Å². The van der Waals surface area contributed by atoms with Crippen molar-refractivity contribution in [3.8, 4) is 0 Å². The van der Waals surface area contributed by atoms with Crippen molar-refractivity contribution in [1.29, 1.82) is 0 Å². The first-order chi connectivity index (χ1) is 9.79. The van der Waals surface area contributed by atoms with E-state index in [4.69, 9.17) is 26.3 Å². The van der Waals surface area contributed by atoms with Gasteiger partial charge in [-0.15, -0.1) is 0 Å². The van der Waals surface area contributed by atoms with Gasteiger partial charge in [0, 0.05) is 19.8 Å². The average molecular weight is 400 g/mol. The maximum Gasteiger partial charge on any atom is 0.337 e. The number of rotatable bonds is 5. The zero-order valence-corrected chi connectivity index (χ0v) is 15.1. The van der Waals surface area contributed by atoms with E-state index in [-0.39, 0.29) is 42.6 Å². The minimum absolute atomic E-state index is 0. The number of nitrogens with two attached hydrogens (primary N) is 1. The first-order valence-electron chi connectivity index (χ1n) is 5.65. The summed E-state index contributed by atoms with van der Waals surface area (Å²) in [5.41, 5.74) is -0.0914. The van der Waals surface area contributed by atoms with Crippen molar-refractivity contribution in [3.63, 3.8) is 0 Å². The van der Waals surface area contributed by atoms with Crippen LogP contribution in [-0.4, -0.2) is 39.3 Å². The third-order valence-corrected chi connectivity index (χ3v) is 4.02. The number of furan rings is 1. The molecule has 4 N–H and O–H groups in total. The summed E-state index contributed by atoms with van der Waals surface area (Å²) in [4.78, 5) is 10.8. The number of halogens is 1. The van der Waals surface area contributed by atoms with Crippen LogP contribution in [0.1, 0.15) is 16.1 Å². The van der Waals surface area contributed by atoms with Crippen molar-refractivity contribution < 1.29 is 22.7 Å². The van der Waals surface area contributed by atoms with Crippen LogP contribution in [-0.2, 0) is 16.6 Å². The van der Waals surface area contributed by atoms with Crippen LogP contribution in [0.5, 0.6) is 0 Å². The fraction of sp³-hybridized carbons (Fsp3) is 0.0833. The number of aromatic carboxylic acids is 1. The van der Waals surface area contributed by atoms with Gasteiger partial charge in [-0.25, -0.2) is 18.4 Å². The summed E-state index contributed by atoms with van der Waals surface area (Å²) in [5, 5.41) is 16.8. The topological polar surface area (TPSA) is 123 Å². The molecule has 0 aliphatic carbocycles. The van der Waals surface area contributed by atoms with Gasteiger partial charge >= 0.3 is 5.97 Å². The molecule has 0 aliphatic heterocycles. The molecule has 1 aromatic heterocycles. The molecular formula is C12H11ClGaN2O5S. The summed E-state index contributed by atoms with van der Waals surface area (Å²) in [6.45, 7) is 0.221. The van der Waals surface area contributed by atoms with E-state index in [2.05, 4.69) is 5.32 Å². The molecule has 0 unspecified atom stereocenters. The number of hydrogen-bond acceptors (Lipinski definition) is 5. The molecule has 0 saturated heterocycles. The van der Waals surface area contributed by atoms with Crippen LogP contribution in [0.4, 0.5) is 5.69 Å². The van der Waals surface area contributed by atoms with Crippen molar-refractivity contribution in [2.24, 2.45) is 5.14 Å². The average Bonchev–Trinajstić information content (AvgIpc) is 2.87. The Kier molecular flexibility index (Phi) is 6.14.